The van der Waals surface area contributed by atoms with Crippen LogP contribution in [0, 0.1) is 0 Å². The van der Waals surface area contributed by atoms with Crippen LogP contribution in [0.2, 0.25) is 0 Å². The number of hydrogen-bond donors (Lipinski definition) is 4. The number of phenolic OH excluding ortho intramolecular Hbond substituents is 4. The zero-order valence-corrected chi connectivity index (χ0v) is 20.4. The van der Waals surface area contributed by atoms with Crippen LogP contribution < -0.4 is 9.47 Å². The number of aromatic hydroxyl groups is 4. The summed E-state index contributed by atoms with van der Waals surface area (Å²) >= 11 is 0. The molecule has 4 aromatic carbocycles. The van der Waals surface area contributed by atoms with Crippen molar-refractivity contribution in [2.75, 3.05) is 14.2 Å². The molecule has 0 unspecified atom stereocenters. The summed E-state index contributed by atoms with van der Waals surface area (Å²) in [5.74, 6) is 1.26. The summed E-state index contributed by atoms with van der Waals surface area (Å²) < 4.78 is 10.8. The molecule has 0 fully saturated rings. The number of rotatable bonds is 9. The molecular formula is C30H30O6. The molecule has 6 nitrogen and oxygen atoms in total. The summed E-state index contributed by atoms with van der Waals surface area (Å²) in [4.78, 5) is 0. The van der Waals surface area contributed by atoms with Crippen LogP contribution in [0.25, 0.3) is 11.1 Å². The van der Waals surface area contributed by atoms with Gasteiger partial charge in [-0.3, -0.25) is 0 Å². The summed E-state index contributed by atoms with van der Waals surface area (Å²) in [6.45, 7) is 0. The van der Waals surface area contributed by atoms with E-state index in [1.807, 2.05) is 36.4 Å². The Balaban J connectivity index is 1.75. The summed E-state index contributed by atoms with van der Waals surface area (Å²) in [7, 11) is 3.02. The quantitative estimate of drug-likeness (QED) is 0.240. The van der Waals surface area contributed by atoms with Gasteiger partial charge in [0.15, 0.2) is 23.0 Å². The van der Waals surface area contributed by atoms with E-state index < -0.39 is 0 Å². The molecule has 186 valence electrons. The van der Waals surface area contributed by atoms with Gasteiger partial charge in [-0.05, 0) is 108 Å². The Morgan fingerprint density at radius 3 is 1.19 bits per heavy atom. The highest BCUT2D eigenvalue weighted by atomic mass is 16.5. The molecule has 0 spiro atoms. The van der Waals surface area contributed by atoms with Gasteiger partial charge in [-0.1, -0.05) is 24.3 Å². The molecule has 6 heteroatoms. The van der Waals surface area contributed by atoms with Gasteiger partial charge >= 0.3 is 0 Å². The van der Waals surface area contributed by atoms with Crippen LogP contribution in [0.3, 0.4) is 0 Å². The maximum absolute atomic E-state index is 10.5. The van der Waals surface area contributed by atoms with Crippen LogP contribution in [0.1, 0.15) is 22.3 Å². The highest BCUT2D eigenvalue weighted by Crippen LogP contribution is 2.41. The fraction of sp³-hybridized carbons (Fsp3) is 0.200. The Labute approximate surface area is 210 Å². The first-order valence-corrected chi connectivity index (χ1v) is 11.7. The minimum atomic E-state index is 0.0540. The Morgan fingerprint density at radius 2 is 0.861 bits per heavy atom. The minimum Gasteiger partial charge on any atom is -0.508 e. The van der Waals surface area contributed by atoms with E-state index in [1.165, 1.54) is 14.2 Å². The predicted octanol–water partition coefficient (Wildman–Crippen LogP) is 5.76. The van der Waals surface area contributed by atoms with Crippen molar-refractivity contribution in [2.45, 2.75) is 25.7 Å². The van der Waals surface area contributed by atoms with E-state index in [1.54, 1.807) is 36.4 Å². The average Bonchev–Trinajstić information content (AvgIpc) is 2.88. The maximum atomic E-state index is 10.5. The number of ether oxygens (including phenoxy) is 2. The molecule has 4 N–H and O–H groups in total. The van der Waals surface area contributed by atoms with Crippen LogP contribution in [-0.4, -0.2) is 34.6 Å². The second kappa shape index (κ2) is 11.0. The van der Waals surface area contributed by atoms with Gasteiger partial charge in [0.25, 0.3) is 0 Å². The fourth-order valence-electron chi connectivity index (χ4n) is 4.35. The van der Waals surface area contributed by atoms with Crippen molar-refractivity contribution < 1.29 is 29.9 Å². The lowest BCUT2D eigenvalue weighted by atomic mass is 9.89. The third-order valence-corrected chi connectivity index (χ3v) is 6.34. The molecule has 0 aliphatic heterocycles. The van der Waals surface area contributed by atoms with Crippen molar-refractivity contribution in [1.29, 1.82) is 0 Å². The van der Waals surface area contributed by atoms with Gasteiger partial charge in [0.05, 0.1) is 14.2 Å². The third kappa shape index (κ3) is 5.66. The average molecular weight is 487 g/mol. The fourth-order valence-corrected chi connectivity index (χ4v) is 4.35. The third-order valence-electron chi connectivity index (χ3n) is 6.34. The molecule has 0 saturated heterocycles. The Kier molecular flexibility index (Phi) is 7.54. The molecule has 0 aromatic heterocycles. The van der Waals surface area contributed by atoms with Gasteiger partial charge in [0, 0.05) is 0 Å². The molecule has 36 heavy (non-hydrogen) atoms. The van der Waals surface area contributed by atoms with Crippen LogP contribution in [0.4, 0.5) is 0 Å². The molecule has 4 aromatic rings. The van der Waals surface area contributed by atoms with Gasteiger partial charge in [0.2, 0.25) is 0 Å². The first kappa shape index (κ1) is 24.8. The van der Waals surface area contributed by atoms with Crippen LogP contribution in [0.5, 0.6) is 34.5 Å². The zero-order chi connectivity index (χ0) is 25.7. The number of benzene rings is 4. The smallest absolute Gasteiger partial charge is 0.161 e. The summed E-state index contributed by atoms with van der Waals surface area (Å²) in [5.41, 5.74) is 5.71. The molecule has 0 heterocycles. The SMILES string of the molecule is COc1cc(-c2cc(OC)c(O)cc2CCc2ccc(O)cc2)c(CCc2ccc(O)cc2)cc1O. The second-order valence-electron chi connectivity index (χ2n) is 8.70. The lowest BCUT2D eigenvalue weighted by molar-refractivity contribution is 0.372. The molecule has 0 radical (unpaired) electrons. The molecule has 0 amide bonds. The molecule has 0 saturated carbocycles. The number of aryl methyl sites for hydroxylation is 4. The number of methoxy groups -OCH3 is 2. The molecule has 0 bridgehead atoms. The summed E-state index contributed by atoms with van der Waals surface area (Å²) in [6, 6.07) is 21.2. The van der Waals surface area contributed by atoms with Gasteiger partial charge in [-0.2, -0.15) is 0 Å². The molecular weight excluding hydrogens is 456 g/mol. The molecule has 0 aliphatic carbocycles. The van der Waals surface area contributed by atoms with Crippen LogP contribution in [0.15, 0.2) is 72.8 Å². The lowest BCUT2D eigenvalue weighted by Crippen LogP contribution is -2.01. The van der Waals surface area contributed by atoms with Gasteiger partial charge in [-0.25, -0.2) is 0 Å². The normalized spacial score (nSPS) is 10.8. The van der Waals surface area contributed by atoms with E-state index >= 15 is 0 Å². The van der Waals surface area contributed by atoms with Gasteiger partial charge < -0.3 is 29.9 Å². The zero-order valence-electron chi connectivity index (χ0n) is 20.4. The highest BCUT2D eigenvalue weighted by Gasteiger charge is 2.18. The molecule has 0 atom stereocenters. The largest absolute Gasteiger partial charge is 0.508 e. The monoisotopic (exact) mass is 486 g/mol. The first-order valence-electron chi connectivity index (χ1n) is 11.7. The van der Waals surface area contributed by atoms with Crippen LogP contribution in [-0.2, 0) is 25.7 Å². The Morgan fingerprint density at radius 1 is 0.500 bits per heavy atom. The van der Waals surface area contributed by atoms with Gasteiger partial charge in [0.1, 0.15) is 11.5 Å². The molecule has 0 aliphatic rings. The lowest BCUT2D eigenvalue weighted by Gasteiger charge is -2.18. The van der Waals surface area contributed by atoms with E-state index in [9.17, 15) is 20.4 Å². The van der Waals surface area contributed by atoms with E-state index in [2.05, 4.69) is 0 Å². The van der Waals surface area contributed by atoms with Crippen molar-refractivity contribution >= 4 is 0 Å². The first-order chi connectivity index (χ1) is 17.4. The summed E-state index contributed by atoms with van der Waals surface area (Å²) in [5, 5.41) is 40.3. The number of hydrogen-bond acceptors (Lipinski definition) is 6. The predicted molar refractivity (Wildman–Crippen MR) is 139 cm³/mol. The van der Waals surface area contributed by atoms with E-state index in [0.29, 0.717) is 37.2 Å². The topological polar surface area (TPSA) is 99.4 Å². The second-order valence-corrected chi connectivity index (χ2v) is 8.70. The Bertz CT molecular complexity index is 1220. The van der Waals surface area contributed by atoms with Crippen molar-refractivity contribution in [3.63, 3.8) is 0 Å². The van der Waals surface area contributed by atoms with Crippen LogP contribution >= 0.6 is 0 Å². The molecule has 4 rings (SSSR count). The summed E-state index contributed by atoms with van der Waals surface area (Å²) in [6.07, 6.45) is 2.69. The van der Waals surface area contributed by atoms with Gasteiger partial charge in [-0.15, -0.1) is 0 Å². The Hall–Kier alpha value is -4.32. The van der Waals surface area contributed by atoms with E-state index in [0.717, 1.165) is 33.4 Å². The highest BCUT2D eigenvalue weighted by molar-refractivity contribution is 5.76. The van der Waals surface area contributed by atoms with Crippen molar-refractivity contribution in [2.24, 2.45) is 0 Å². The van der Waals surface area contributed by atoms with Crippen molar-refractivity contribution in [3.05, 3.63) is 95.1 Å². The van der Waals surface area contributed by atoms with E-state index in [4.69, 9.17) is 9.47 Å². The van der Waals surface area contributed by atoms with Crippen molar-refractivity contribution in [1.82, 2.24) is 0 Å². The number of phenols is 4. The standard InChI is InChI=1S/C30H30O6/c1-35-29-17-25(21(15-27(29)33)9-3-19-5-11-23(31)12-6-19)26-18-30(36-2)28(34)16-22(26)10-4-20-7-13-24(32)14-8-20/h5-8,11-18,31-34H,3-4,9-10H2,1-2H3. The van der Waals surface area contributed by atoms with Crippen molar-refractivity contribution in [3.8, 4) is 45.6 Å². The van der Waals surface area contributed by atoms with E-state index in [-0.39, 0.29) is 23.0 Å². The minimum absolute atomic E-state index is 0.0540. The maximum Gasteiger partial charge on any atom is 0.161 e.